The summed E-state index contributed by atoms with van der Waals surface area (Å²) < 4.78 is 30.6. The Kier molecular flexibility index (Phi) is 23.5. The van der Waals surface area contributed by atoms with Gasteiger partial charge in [-0.25, -0.2) is 0 Å². The van der Waals surface area contributed by atoms with Crippen molar-refractivity contribution in [3.05, 3.63) is 52.4 Å². The quantitative estimate of drug-likeness (QED) is 0.0443. The summed E-state index contributed by atoms with van der Waals surface area (Å²) in [6.07, 6.45) is -3.99. The zero-order valence-corrected chi connectivity index (χ0v) is 57.1. The molecule has 514 valence electrons. The Hall–Kier alpha value is -5.26. The fraction of sp³-hybridized carbons (Fsp3) is 0.730. The number of nitrogens with two attached hydrogens (primary N) is 6. The fourth-order valence-corrected chi connectivity index (χ4v) is 17.7. The largest absolute Gasteiger partial charge is 3.00 e. The van der Waals surface area contributed by atoms with E-state index in [4.69, 9.17) is 73.8 Å². The zero-order valence-electron chi connectivity index (χ0n) is 55.2. The number of nitrogens with one attached hydrogen (secondary N) is 1. The third-order valence-corrected chi connectivity index (χ3v) is 23.0. The van der Waals surface area contributed by atoms with Gasteiger partial charge in [-0.1, -0.05) is 67.6 Å². The third-order valence-electron chi connectivity index (χ3n) is 21.9. The zero-order chi connectivity index (χ0) is 66.7. The van der Waals surface area contributed by atoms with Crippen LogP contribution in [0.4, 0.5) is 0 Å². The van der Waals surface area contributed by atoms with Gasteiger partial charge < -0.3 is 86.7 Å². The fourth-order valence-electron chi connectivity index (χ4n) is 16.5. The van der Waals surface area contributed by atoms with Crippen LogP contribution < -0.4 is 44.6 Å². The van der Waals surface area contributed by atoms with Crippen molar-refractivity contribution in [1.82, 2.24) is 10.2 Å². The summed E-state index contributed by atoms with van der Waals surface area (Å²) in [6.45, 7) is 19.9. The molecule has 27 nitrogen and oxygen atoms in total. The molecule has 0 aromatic carbocycles. The molecule has 7 heterocycles. The van der Waals surface area contributed by atoms with Crippen LogP contribution in [0.3, 0.4) is 0 Å². The van der Waals surface area contributed by atoms with Gasteiger partial charge in [-0.3, -0.25) is 58.0 Å². The number of allylic oxidation sites excluding steroid dienone is 6. The van der Waals surface area contributed by atoms with Crippen molar-refractivity contribution in [2.45, 2.75) is 214 Å². The van der Waals surface area contributed by atoms with Gasteiger partial charge in [0.15, 0.2) is 0 Å². The first-order valence-corrected chi connectivity index (χ1v) is 32.9. The van der Waals surface area contributed by atoms with Gasteiger partial charge in [-0.15, -0.1) is 6.04 Å². The van der Waals surface area contributed by atoms with Gasteiger partial charge in [0.05, 0.1) is 23.9 Å². The second-order valence-corrected chi connectivity index (χ2v) is 29.6. The van der Waals surface area contributed by atoms with E-state index in [-0.39, 0.29) is 120 Å². The molecule has 3 saturated heterocycles. The predicted octanol–water partition coefficient (Wildman–Crippen LogP) is 3.37. The molecule has 29 heteroatoms. The molecule has 1 saturated carbocycles. The van der Waals surface area contributed by atoms with Crippen LogP contribution in [-0.4, -0.2) is 148 Å². The number of hydrogen-bond acceptors (Lipinski definition) is 18. The van der Waals surface area contributed by atoms with Crippen LogP contribution in [0.1, 0.15) is 160 Å². The van der Waals surface area contributed by atoms with E-state index >= 15 is 0 Å². The number of aliphatic imine (C=N–C) groups is 3. The number of carbonyl (C=O) groups excluding carboxylic acids is 7. The molecule has 7 amide bonds. The number of ether oxygens (including phenoxy) is 1. The van der Waals surface area contributed by atoms with Crippen LogP contribution in [0, 0.1) is 64.6 Å². The van der Waals surface area contributed by atoms with Crippen molar-refractivity contribution in [1.29, 1.82) is 0 Å². The van der Waals surface area contributed by atoms with Crippen LogP contribution >= 0.6 is 7.82 Å². The molecule has 6 unspecified atom stereocenters. The van der Waals surface area contributed by atoms with Gasteiger partial charge in [0.2, 0.25) is 41.4 Å². The number of carbonyl (C=O) groups is 7. The first kappa shape index (κ1) is 75.8. The summed E-state index contributed by atoms with van der Waals surface area (Å²) >= 11 is 0. The molecule has 0 spiro atoms. The second-order valence-electron chi connectivity index (χ2n) is 28.3. The average Bonchev–Trinajstić information content (AvgIpc) is 1.53. The van der Waals surface area contributed by atoms with Crippen LogP contribution in [0.15, 0.2) is 49.3 Å². The summed E-state index contributed by atoms with van der Waals surface area (Å²) in [6, 6.07) is -1.07. The smallest absolute Gasteiger partial charge is 0.756 e. The number of fused-ring (bicyclic) bond motifs is 7. The number of nitrogens with zero attached hydrogens (tertiary/aromatic N) is 6. The van der Waals surface area contributed by atoms with E-state index < -0.39 is 143 Å². The van der Waals surface area contributed by atoms with Gasteiger partial charge in [0.1, 0.15) is 24.5 Å². The first-order valence-electron chi connectivity index (χ1n) is 31.5. The molecule has 15 N–H and O–H groups in total. The number of amides is 7. The SMILES string of the molecule is C/C1=C2/[N-][C@@H]([C@H](CC(N)=O)[C@@]2(C)CCC(=O)NC[C@@H](C)OP(=O)([O-])O[C@H]2C(O)[C@@H](N3C[N-]C4CC(C)C(C)CC43)O[C@@H]2CO)[C@]2(C)N=C(/C(C)=C3N=C(/C=C4N=C1[C@@H](CCC(N)=O)C\4(C)C)[C@@H](CCC(N)=O)[C@]\3(C)CC(N)=O)[C@@H](CCC(N)=O)[C@]2(C)CC(N)=O.[CH3-].[Co+3]. The maximum atomic E-state index is 14.4. The Labute approximate surface area is 550 Å². The predicted molar refractivity (Wildman–Crippen MR) is 339 cm³/mol. The molecule has 92 heavy (non-hydrogen) atoms. The molecule has 0 radical (unpaired) electrons. The van der Waals surface area contributed by atoms with Crippen LogP contribution in [0.5, 0.6) is 0 Å². The number of hydrogen-bond donors (Lipinski definition) is 9. The van der Waals surface area contributed by atoms with E-state index in [0.717, 1.165) is 12.8 Å². The van der Waals surface area contributed by atoms with Crippen molar-refractivity contribution in [2.24, 2.45) is 107 Å². The summed E-state index contributed by atoms with van der Waals surface area (Å²) in [5.74, 6) is -6.50. The maximum Gasteiger partial charge on any atom is 3.00 e. The van der Waals surface area contributed by atoms with Gasteiger partial charge in [0.25, 0.3) is 7.82 Å². The Morgan fingerprint density at radius 3 is 1.98 bits per heavy atom. The molecular formula is C63H98CoN13O14P-. The second kappa shape index (κ2) is 28.6. The molecule has 8 bridgehead atoms. The number of aliphatic hydroxyl groups is 2. The monoisotopic (exact) mass is 1350 g/mol. The number of aliphatic hydroxyl groups excluding tert-OH is 2. The summed E-state index contributed by atoms with van der Waals surface area (Å²) in [7, 11) is -5.28. The van der Waals surface area contributed by atoms with Crippen LogP contribution in [-0.2, 0) is 68.7 Å². The van der Waals surface area contributed by atoms with Gasteiger partial charge in [0, 0.05) is 108 Å². The minimum atomic E-state index is -5.28. The summed E-state index contributed by atoms with van der Waals surface area (Å²) in [5.41, 5.74) is 33.7. The van der Waals surface area contributed by atoms with Crippen molar-refractivity contribution < 1.29 is 83.8 Å². The Morgan fingerprint density at radius 2 is 1.40 bits per heavy atom. The maximum absolute atomic E-state index is 14.4. The number of phosphoric ester groups is 1. The third kappa shape index (κ3) is 14.6. The Morgan fingerprint density at radius 1 is 0.815 bits per heavy atom. The topological polar surface area (TPSA) is 464 Å². The molecule has 19 atom stereocenters. The number of primary amides is 6. The van der Waals surface area contributed by atoms with Gasteiger partial charge in [-0.05, 0) is 106 Å². The van der Waals surface area contributed by atoms with Crippen LogP contribution in [0.25, 0.3) is 10.6 Å². The molecular weight excluding hydrogens is 1250 g/mol. The van der Waals surface area contributed by atoms with Gasteiger partial charge >= 0.3 is 16.8 Å². The molecule has 0 aromatic heterocycles. The van der Waals surface area contributed by atoms with Crippen molar-refractivity contribution in [3.8, 4) is 0 Å². The van der Waals surface area contributed by atoms with Gasteiger partial charge in [-0.2, -0.15) is 5.70 Å². The first-order chi connectivity index (χ1) is 41.8. The standard InChI is InChI=1S/C62H97N13O14P.CH3.Co/c1-29-20-39-40(21-30(29)2)75(28-70-39)57-52(84)53(41(27-76)87-57)89-90(85,86)88-31(3)26-69-49(83)18-19-59(8)37(22-46(66)80)56-62(11)61(10,25-48(68)82)36(14-17-45(65)79)51(74-62)33(5)55-60(9,24-47(67)81)34(12-15-43(63)77)38(71-55)23-42-58(6,7)35(13-16-44(64)78)50(72-42)32(4)54(59)73-56;;/h23,29-31,34-37,39-41,52-53,56-57,76,84H,12-22,24-28H2,1-11H3,(H15,63,64,65,66,67,68,69,71,72,73,74,77,78,79,80,81,82,83,85,86);1H3;/q2*-1;+3/p-2/t29?,30?,31-,34-,35-,36-,37+,39?,40?,41-,52?,53-,56+,57+,59-,60+,61+,62+;;/m1../s1. The molecule has 8 aliphatic rings. The molecule has 7 aliphatic heterocycles. The van der Waals surface area contributed by atoms with Crippen molar-refractivity contribution in [3.63, 3.8) is 0 Å². The van der Waals surface area contributed by atoms with Crippen molar-refractivity contribution in [2.75, 3.05) is 19.8 Å². The number of phosphoric acid groups is 1. The summed E-state index contributed by atoms with van der Waals surface area (Å²) in [5, 5.41) is 35.0. The Balaban J connectivity index is 0.00000672. The van der Waals surface area contributed by atoms with E-state index in [0.29, 0.717) is 57.2 Å². The molecule has 1 aliphatic carbocycles. The molecule has 8 rings (SSSR count). The van der Waals surface area contributed by atoms with E-state index in [1.807, 2.05) is 59.4 Å². The van der Waals surface area contributed by atoms with Crippen LogP contribution in [0.2, 0.25) is 0 Å². The van der Waals surface area contributed by atoms with Crippen molar-refractivity contribution >= 4 is 66.3 Å². The van der Waals surface area contributed by atoms with E-state index in [1.165, 1.54) is 6.92 Å². The van der Waals surface area contributed by atoms with E-state index in [1.54, 1.807) is 6.92 Å². The minimum Gasteiger partial charge on any atom is -0.756 e. The molecule has 4 fully saturated rings. The minimum absolute atomic E-state index is 0. The van der Waals surface area contributed by atoms with E-state index in [2.05, 4.69) is 19.2 Å². The van der Waals surface area contributed by atoms with E-state index in [9.17, 15) is 53.2 Å². The average molecular weight is 1350 g/mol. The summed E-state index contributed by atoms with van der Waals surface area (Å²) in [4.78, 5) is 125. The normalized spacial score (nSPS) is 38.5. The molecule has 0 aromatic rings. The Bertz CT molecular complexity index is 3160. The number of rotatable bonds is 26.